The fourth-order valence-electron chi connectivity index (χ4n) is 1.68. The van der Waals surface area contributed by atoms with Crippen molar-refractivity contribution in [3.05, 3.63) is 30.0 Å². The van der Waals surface area contributed by atoms with Crippen LogP contribution in [-0.4, -0.2) is 21.5 Å². The Morgan fingerprint density at radius 2 is 2.27 bits per heavy atom. The van der Waals surface area contributed by atoms with Crippen molar-refractivity contribution in [1.82, 2.24) is 9.78 Å². The smallest absolute Gasteiger partial charge is 0.0685 e. The van der Waals surface area contributed by atoms with Crippen LogP contribution in [0.5, 0.6) is 0 Å². The van der Waals surface area contributed by atoms with Gasteiger partial charge in [-0.3, -0.25) is 4.68 Å². The van der Waals surface area contributed by atoms with Gasteiger partial charge in [0.15, 0.2) is 0 Å². The summed E-state index contributed by atoms with van der Waals surface area (Å²) in [5.41, 5.74) is 2.39. The molecule has 1 atom stereocenters. The summed E-state index contributed by atoms with van der Waals surface area (Å²) in [6.07, 6.45) is 1.87. The van der Waals surface area contributed by atoms with Gasteiger partial charge in [-0.1, -0.05) is 19.1 Å². The standard InChI is InChI=1S/C12H16N2O/c1-9-3-4-11-6-13-14(12(11)5-9)7-10(2)8-15/h3-6,10,15H,7-8H2,1-2H3/t10-/m0/s1. The lowest BCUT2D eigenvalue weighted by molar-refractivity contribution is 0.220. The lowest BCUT2D eigenvalue weighted by Gasteiger charge is -2.08. The number of nitrogens with zero attached hydrogens (tertiary/aromatic N) is 2. The summed E-state index contributed by atoms with van der Waals surface area (Å²) in [6, 6.07) is 6.30. The third-order valence-electron chi connectivity index (χ3n) is 2.60. The third-order valence-corrected chi connectivity index (χ3v) is 2.60. The van der Waals surface area contributed by atoms with Crippen LogP contribution in [0.3, 0.4) is 0 Å². The molecule has 0 bridgehead atoms. The molecule has 15 heavy (non-hydrogen) atoms. The quantitative estimate of drug-likeness (QED) is 0.830. The van der Waals surface area contributed by atoms with E-state index in [9.17, 15) is 0 Å². The fraction of sp³-hybridized carbons (Fsp3) is 0.417. The SMILES string of the molecule is Cc1ccc2cnn(C[C@H](C)CO)c2c1. The van der Waals surface area contributed by atoms with Crippen molar-refractivity contribution < 1.29 is 5.11 Å². The van der Waals surface area contributed by atoms with E-state index in [-0.39, 0.29) is 12.5 Å². The van der Waals surface area contributed by atoms with E-state index >= 15 is 0 Å². The number of hydrogen-bond acceptors (Lipinski definition) is 2. The van der Waals surface area contributed by atoms with Gasteiger partial charge >= 0.3 is 0 Å². The van der Waals surface area contributed by atoms with E-state index in [4.69, 9.17) is 5.11 Å². The second-order valence-electron chi connectivity index (χ2n) is 4.18. The van der Waals surface area contributed by atoms with E-state index in [1.807, 2.05) is 17.8 Å². The lowest BCUT2D eigenvalue weighted by atomic mass is 10.1. The Balaban J connectivity index is 2.39. The van der Waals surface area contributed by atoms with Crippen molar-refractivity contribution >= 4 is 10.9 Å². The minimum Gasteiger partial charge on any atom is -0.396 e. The minimum atomic E-state index is 0.202. The van der Waals surface area contributed by atoms with Gasteiger partial charge in [0.05, 0.1) is 11.7 Å². The summed E-state index contributed by atoms with van der Waals surface area (Å²) in [6.45, 7) is 5.06. The van der Waals surface area contributed by atoms with Gasteiger partial charge in [-0.05, 0) is 24.5 Å². The number of hydrogen-bond donors (Lipinski definition) is 1. The monoisotopic (exact) mass is 204 g/mol. The Hall–Kier alpha value is -1.35. The zero-order valence-electron chi connectivity index (χ0n) is 9.14. The predicted molar refractivity (Wildman–Crippen MR) is 60.7 cm³/mol. The maximum atomic E-state index is 9.02. The summed E-state index contributed by atoms with van der Waals surface area (Å²) in [4.78, 5) is 0. The number of benzene rings is 1. The molecule has 1 aromatic carbocycles. The summed E-state index contributed by atoms with van der Waals surface area (Å²) >= 11 is 0. The Kier molecular flexibility index (Phi) is 2.73. The highest BCUT2D eigenvalue weighted by molar-refractivity contribution is 5.79. The molecule has 0 radical (unpaired) electrons. The molecule has 80 valence electrons. The van der Waals surface area contributed by atoms with E-state index in [0.717, 1.165) is 17.4 Å². The first-order valence-corrected chi connectivity index (χ1v) is 5.23. The molecule has 0 saturated carbocycles. The van der Waals surface area contributed by atoms with Crippen molar-refractivity contribution in [2.45, 2.75) is 20.4 Å². The summed E-state index contributed by atoms with van der Waals surface area (Å²) in [7, 11) is 0. The topological polar surface area (TPSA) is 38.0 Å². The van der Waals surface area contributed by atoms with Crippen LogP contribution in [0, 0.1) is 12.8 Å². The van der Waals surface area contributed by atoms with E-state index in [0.29, 0.717) is 0 Å². The number of aryl methyl sites for hydroxylation is 1. The van der Waals surface area contributed by atoms with Crippen LogP contribution >= 0.6 is 0 Å². The highest BCUT2D eigenvalue weighted by atomic mass is 16.3. The molecule has 3 nitrogen and oxygen atoms in total. The molecule has 1 heterocycles. The molecular weight excluding hydrogens is 188 g/mol. The average Bonchev–Trinajstić information content (AvgIpc) is 2.61. The van der Waals surface area contributed by atoms with Gasteiger partial charge in [0.25, 0.3) is 0 Å². The Morgan fingerprint density at radius 3 is 3.00 bits per heavy atom. The molecule has 0 aliphatic rings. The van der Waals surface area contributed by atoms with Crippen molar-refractivity contribution in [2.75, 3.05) is 6.61 Å². The highest BCUT2D eigenvalue weighted by Crippen LogP contribution is 2.16. The maximum absolute atomic E-state index is 9.02. The third kappa shape index (κ3) is 2.02. The molecule has 0 unspecified atom stereocenters. The predicted octanol–water partition coefficient (Wildman–Crippen LogP) is 1.97. The van der Waals surface area contributed by atoms with Crippen molar-refractivity contribution in [3.63, 3.8) is 0 Å². The van der Waals surface area contributed by atoms with Crippen LogP contribution in [0.4, 0.5) is 0 Å². The summed E-state index contributed by atoms with van der Waals surface area (Å²) < 4.78 is 1.96. The molecule has 0 saturated heterocycles. The van der Waals surface area contributed by atoms with Crippen LogP contribution < -0.4 is 0 Å². The second kappa shape index (κ2) is 4.03. The number of rotatable bonds is 3. The first-order chi connectivity index (χ1) is 7.20. The van der Waals surface area contributed by atoms with Gasteiger partial charge in [-0.2, -0.15) is 5.10 Å². The van der Waals surface area contributed by atoms with E-state index < -0.39 is 0 Å². The van der Waals surface area contributed by atoms with Gasteiger partial charge in [-0.25, -0.2) is 0 Å². The van der Waals surface area contributed by atoms with Gasteiger partial charge < -0.3 is 5.11 Å². The van der Waals surface area contributed by atoms with Crippen LogP contribution in [0.2, 0.25) is 0 Å². The number of aliphatic hydroxyl groups excluding tert-OH is 1. The second-order valence-corrected chi connectivity index (χ2v) is 4.18. The molecule has 2 aromatic rings. The molecule has 0 fully saturated rings. The van der Waals surface area contributed by atoms with Gasteiger partial charge in [0.1, 0.15) is 0 Å². The van der Waals surface area contributed by atoms with Crippen molar-refractivity contribution in [2.24, 2.45) is 5.92 Å². The largest absolute Gasteiger partial charge is 0.396 e. The lowest BCUT2D eigenvalue weighted by Crippen LogP contribution is -2.11. The molecule has 0 aliphatic carbocycles. The van der Waals surface area contributed by atoms with Crippen LogP contribution in [0.15, 0.2) is 24.4 Å². The molecular formula is C12H16N2O. The number of aromatic nitrogens is 2. The van der Waals surface area contributed by atoms with E-state index in [2.05, 4.69) is 30.2 Å². The molecule has 1 aromatic heterocycles. The highest BCUT2D eigenvalue weighted by Gasteiger charge is 2.06. The summed E-state index contributed by atoms with van der Waals surface area (Å²) in [5.74, 6) is 0.244. The van der Waals surface area contributed by atoms with E-state index in [1.165, 1.54) is 5.56 Å². The Bertz CT molecular complexity index is 462. The van der Waals surface area contributed by atoms with Gasteiger partial charge in [0.2, 0.25) is 0 Å². The first kappa shape index (κ1) is 10.2. The Labute approximate surface area is 89.3 Å². The van der Waals surface area contributed by atoms with Crippen LogP contribution in [0.1, 0.15) is 12.5 Å². The summed E-state index contributed by atoms with van der Waals surface area (Å²) in [5, 5.41) is 14.5. The van der Waals surface area contributed by atoms with Gasteiger partial charge in [0, 0.05) is 18.5 Å². The molecule has 0 aliphatic heterocycles. The first-order valence-electron chi connectivity index (χ1n) is 5.23. The molecule has 0 amide bonds. The zero-order chi connectivity index (χ0) is 10.8. The minimum absolute atomic E-state index is 0.202. The van der Waals surface area contributed by atoms with Gasteiger partial charge in [-0.15, -0.1) is 0 Å². The van der Waals surface area contributed by atoms with E-state index in [1.54, 1.807) is 0 Å². The molecule has 2 rings (SSSR count). The van der Waals surface area contributed by atoms with Crippen molar-refractivity contribution in [1.29, 1.82) is 0 Å². The number of aliphatic hydroxyl groups is 1. The van der Waals surface area contributed by atoms with Crippen LogP contribution in [-0.2, 0) is 6.54 Å². The average molecular weight is 204 g/mol. The van der Waals surface area contributed by atoms with Crippen molar-refractivity contribution in [3.8, 4) is 0 Å². The number of fused-ring (bicyclic) bond motifs is 1. The Morgan fingerprint density at radius 1 is 1.47 bits per heavy atom. The fourth-order valence-corrected chi connectivity index (χ4v) is 1.68. The van der Waals surface area contributed by atoms with Crippen LogP contribution in [0.25, 0.3) is 10.9 Å². The zero-order valence-corrected chi connectivity index (χ0v) is 9.14. The molecule has 3 heteroatoms. The normalized spacial score (nSPS) is 13.3. The maximum Gasteiger partial charge on any atom is 0.0685 e. The molecule has 0 spiro atoms. The molecule has 1 N–H and O–H groups in total.